The van der Waals surface area contributed by atoms with Crippen LogP contribution < -0.4 is 4.72 Å². The first-order valence-electron chi connectivity index (χ1n) is 7.88. The molecule has 0 aromatic heterocycles. The minimum Gasteiger partial charge on any atom is -0.297 e. The van der Waals surface area contributed by atoms with Crippen LogP contribution in [-0.2, 0) is 16.6 Å². The first kappa shape index (κ1) is 16.2. The van der Waals surface area contributed by atoms with Crippen LogP contribution in [0.3, 0.4) is 0 Å². The van der Waals surface area contributed by atoms with Crippen LogP contribution in [0.4, 0.5) is 0 Å². The van der Waals surface area contributed by atoms with Gasteiger partial charge in [-0.1, -0.05) is 48.0 Å². The van der Waals surface area contributed by atoms with E-state index in [1.807, 2.05) is 37.3 Å². The third-order valence-electron chi connectivity index (χ3n) is 4.17. The molecule has 0 radical (unpaired) electrons. The quantitative estimate of drug-likeness (QED) is 0.916. The Morgan fingerprint density at radius 2 is 1.78 bits per heavy atom. The fourth-order valence-corrected chi connectivity index (χ4v) is 4.18. The average molecular weight is 330 g/mol. The fourth-order valence-electron chi connectivity index (χ4n) is 2.92. The van der Waals surface area contributed by atoms with Crippen molar-refractivity contribution >= 4 is 10.0 Å². The van der Waals surface area contributed by atoms with Crippen molar-refractivity contribution in [1.82, 2.24) is 9.62 Å². The average Bonchev–Trinajstić information content (AvgIpc) is 2.95. The number of nitrogens with one attached hydrogen (secondary N) is 1. The summed E-state index contributed by atoms with van der Waals surface area (Å²) < 4.78 is 27.7. The molecule has 2 aromatic carbocycles. The molecule has 5 heteroatoms. The molecule has 1 N–H and O–H groups in total. The van der Waals surface area contributed by atoms with Crippen LogP contribution in [0.15, 0.2) is 59.5 Å². The number of rotatable bonds is 5. The molecule has 3 rings (SSSR count). The molecule has 2 aromatic rings. The lowest BCUT2D eigenvalue weighted by atomic mass is 10.2. The summed E-state index contributed by atoms with van der Waals surface area (Å²) in [5, 5.41) is 0. The maximum absolute atomic E-state index is 12.4. The van der Waals surface area contributed by atoms with Crippen LogP contribution in [0, 0.1) is 6.92 Å². The van der Waals surface area contributed by atoms with E-state index < -0.39 is 10.0 Å². The molecule has 122 valence electrons. The highest BCUT2D eigenvalue weighted by Crippen LogP contribution is 2.17. The standard InChI is InChI=1S/C18H22N2O2S/c1-15-7-9-18(10-8-15)23(21,22)19-17-11-12-20(14-17)13-16-5-3-2-4-6-16/h2-10,17,19H,11-14H2,1H3/t17-/m0/s1. The zero-order valence-corrected chi connectivity index (χ0v) is 14.1. The van der Waals surface area contributed by atoms with E-state index in [1.54, 1.807) is 12.1 Å². The highest BCUT2D eigenvalue weighted by Gasteiger charge is 2.27. The smallest absolute Gasteiger partial charge is 0.240 e. The molecule has 1 saturated heterocycles. The van der Waals surface area contributed by atoms with Crippen LogP contribution in [-0.4, -0.2) is 32.4 Å². The van der Waals surface area contributed by atoms with E-state index in [0.29, 0.717) is 4.90 Å². The third kappa shape index (κ3) is 4.19. The Bertz CT molecular complexity index is 742. The maximum atomic E-state index is 12.4. The minimum absolute atomic E-state index is 0.0231. The second kappa shape index (κ2) is 6.83. The van der Waals surface area contributed by atoms with Crippen molar-refractivity contribution in [2.45, 2.75) is 30.8 Å². The van der Waals surface area contributed by atoms with Gasteiger partial charge in [0, 0.05) is 25.7 Å². The van der Waals surface area contributed by atoms with Crippen LogP contribution in [0.1, 0.15) is 17.5 Å². The Morgan fingerprint density at radius 3 is 2.48 bits per heavy atom. The van der Waals surface area contributed by atoms with Crippen molar-refractivity contribution in [1.29, 1.82) is 0 Å². The molecule has 1 atom stereocenters. The predicted molar refractivity (Wildman–Crippen MR) is 91.6 cm³/mol. The second-order valence-corrected chi connectivity index (χ2v) is 7.85. The Hall–Kier alpha value is -1.69. The van der Waals surface area contributed by atoms with Gasteiger partial charge >= 0.3 is 0 Å². The number of benzene rings is 2. The zero-order chi connectivity index (χ0) is 16.3. The Balaban J connectivity index is 1.60. The Labute approximate surface area is 138 Å². The number of aryl methyl sites for hydroxylation is 1. The summed E-state index contributed by atoms with van der Waals surface area (Å²) in [5.74, 6) is 0. The first-order chi connectivity index (χ1) is 11.0. The summed E-state index contributed by atoms with van der Waals surface area (Å²) >= 11 is 0. The van der Waals surface area contributed by atoms with Gasteiger partial charge < -0.3 is 0 Å². The highest BCUT2D eigenvalue weighted by atomic mass is 32.2. The van der Waals surface area contributed by atoms with Crippen molar-refractivity contribution in [2.75, 3.05) is 13.1 Å². The molecule has 0 aliphatic carbocycles. The second-order valence-electron chi connectivity index (χ2n) is 6.14. The van der Waals surface area contributed by atoms with Crippen molar-refractivity contribution in [3.8, 4) is 0 Å². The molecule has 1 fully saturated rings. The van der Waals surface area contributed by atoms with E-state index in [2.05, 4.69) is 21.8 Å². The summed E-state index contributed by atoms with van der Waals surface area (Å²) in [5.41, 5.74) is 2.31. The Kier molecular flexibility index (Phi) is 4.80. The Morgan fingerprint density at radius 1 is 1.09 bits per heavy atom. The predicted octanol–water partition coefficient (Wildman–Crippen LogP) is 2.55. The SMILES string of the molecule is Cc1ccc(S(=O)(=O)N[C@H]2CCN(Cc3ccccc3)C2)cc1. The van der Waals surface area contributed by atoms with Crippen molar-refractivity contribution < 1.29 is 8.42 Å². The monoisotopic (exact) mass is 330 g/mol. The normalized spacial score (nSPS) is 19.1. The molecule has 1 heterocycles. The lowest BCUT2D eigenvalue weighted by molar-refractivity contribution is 0.324. The minimum atomic E-state index is -3.43. The van der Waals surface area contributed by atoms with Crippen LogP contribution >= 0.6 is 0 Å². The number of sulfonamides is 1. The third-order valence-corrected chi connectivity index (χ3v) is 5.71. The van der Waals surface area contributed by atoms with Crippen LogP contribution in [0.2, 0.25) is 0 Å². The van der Waals surface area contributed by atoms with E-state index in [0.717, 1.165) is 31.6 Å². The van der Waals surface area contributed by atoms with E-state index in [4.69, 9.17) is 0 Å². The largest absolute Gasteiger partial charge is 0.297 e. The van der Waals surface area contributed by atoms with Crippen molar-refractivity contribution in [3.63, 3.8) is 0 Å². The van der Waals surface area contributed by atoms with Gasteiger partial charge in [0.25, 0.3) is 0 Å². The van der Waals surface area contributed by atoms with Crippen molar-refractivity contribution in [2.24, 2.45) is 0 Å². The van der Waals surface area contributed by atoms with Gasteiger partial charge in [-0.25, -0.2) is 13.1 Å². The van der Waals surface area contributed by atoms with E-state index in [1.165, 1.54) is 5.56 Å². The summed E-state index contributed by atoms with van der Waals surface area (Å²) in [6.07, 6.45) is 0.845. The maximum Gasteiger partial charge on any atom is 0.240 e. The first-order valence-corrected chi connectivity index (χ1v) is 9.36. The number of hydrogen-bond acceptors (Lipinski definition) is 3. The van der Waals surface area contributed by atoms with E-state index in [9.17, 15) is 8.42 Å². The summed E-state index contributed by atoms with van der Waals surface area (Å²) in [4.78, 5) is 2.63. The lowest BCUT2D eigenvalue weighted by Gasteiger charge is -2.17. The summed E-state index contributed by atoms with van der Waals surface area (Å²) in [6, 6.07) is 17.2. The fraction of sp³-hybridized carbons (Fsp3) is 0.333. The van der Waals surface area contributed by atoms with Crippen LogP contribution in [0.5, 0.6) is 0 Å². The van der Waals surface area contributed by atoms with Crippen molar-refractivity contribution in [3.05, 3.63) is 65.7 Å². The highest BCUT2D eigenvalue weighted by molar-refractivity contribution is 7.89. The van der Waals surface area contributed by atoms with E-state index >= 15 is 0 Å². The topological polar surface area (TPSA) is 49.4 Å². The molecule has 0 bridgehead atoms. The van der Waals surface area contributed by atoms with Gasteiger partial charge in [-0.05, 0) is 31.0 Å². The molecule has 0 saturated carbocycles. The van der Waals surface area contributed by atoms with Gasteiger partial charge in [0.05, 0.1) is 4.90 Å². The summed E-state index contributed by atoms with van der Waals surface area (Å²) in [6.45, 7) is 4.47. The molecule has 1 aliphatic rings. The molecule has 23 heavy (non-hydrogen) atoms. The molecular formula is C18H22N2O2S. The van der Waals surface area contributed by atoms with Gasteiger partial charge in [-0.3, -0.25) is 4.90 Å². The molecule has 0 unspecified atom stereocenters. The molecule has 0 spiro atoms. The number of hydrogen-bond donors (Lipinski definition) is 1. The van der Waals surface area contributed by atoms with Gasteiger partial charge in [0.1, 0.15) is 0 Å². The number of likely N-dealkylation sites (tertiary alicyclic amines) is 1. The molecular weight excluding hydrogens is 308 g/mol. The van der Waals surface area contributed by atoms with Gasteiger partial charge in [-0.2, -0.15) is 0 Å². The number of nitrogens with zero attached hydrogens (tertiary/aromatic N) is 1. The van der Waals surface area contributed by atoms with Gasteiger partial charge in [0.15, 0.2) is 0 Å². The van der Waals surface area contributed by atoms with Crippen LogP contribution in [0.25, 0.3) is 0 Å². The molecule has 4 nitrogen and oxygen atoms in total. The lowest BCUT2D eigenvalue weighted by Crippen LogP contribution is -2.36. The van der Waals surface area contributed by atoms with E-state index in [-0.39, 0.29) is 6.04 Å². The molecule has 1 aliphatic heterocycles. The molecule has 0 amide bonds. The summed E-state index contributed by atoms with van der Waals surface area (Å²) in [7, 11) is -3.43. The van der Waals surface area contributed by atoms with Gasteiger partial charge in [0.2, 0.25) is 10.0 Å². The van der Waals surface area contributed by atoms with Gasteiger partial charge in [-0.15, -0.1) is 0 Å². The zero-order valence-electron chi connectivity index (χ0n) is 13.3.